The molecule has 1 fully saturated rings. The van der Waals surface area contributed by atoms with Crippen LogP contribution in [0.3, 0.4) is 0 Å². The second-order valence-electron chi connectivity index (χ2n) is 3.59. The van der Waals surface area contributed by atoms with Gasteiger partial charge < -0.3 is 5.32 Å². The molecule has 1 aliphatic heterocycles. The summed E-state index contributed by atoms with van der Waals surface area (Å²) in [7, 11) is 0. The number of imidazole rings is 1. The fraction of sp³-hybridized carbons (Fsp3) is 0.556. The maximum atomic E-state index is 12.5. The standard InChI is InChI=1S/C9H12F2N4O/c10-9(11)15-4-2-12-7(15)5-14-3-1-13-8(16)6-14/h2,4,9H,1,3,5-6H2,(H,13,16). The minimum absolute atomic E-state index is 0.0820. The van der Waals surface area contributed by atoms with Crippen LogP contribution in [0.1, 0.15) is 12.4 Å². The van der Waals surface area contributed by atoms with Crippen LogP contribution in [0, 0.1) is 0 Å². The monoisotopic (exact) mass is 230 g/mol. The zero-order valence-electron chi connectivity index (χ0n) is 8.57. The highest BCUT2D eigenvalue weighted by Crippen LogP contribution is 2.14. The van der Waals surface area contributed by atoms with Crippen LogP contribution in [-0.4, -0.2) is 40.0 Å². The Morgan fingerprint density at radius 1 is 1.56 bits per heavy atom. The Morgan fingerprint density at radius 3 is 3.06 bits per heavy atom. The van der Waals surface area contributed by atoms with Gasteiger partial charge in [0.2, 0.25) is 5.91 Å². The van der Waals surface area contributed by atoms with Gasteiger partial charge in [-0.15, -0.1) is 0 Å². The maximum Gasteiger partial charge on any atom is 0.319 e. The van der Waals surface area contributed by atoms with Crippen molar-refractivity contribution in [2.75, 3.05) is 19.6 Å². The molecular weight excluding hydrogens is 218 g/mol. The summed E-state index contributed by atoms with van der Waals surface area (Å²) in [6.45, 7) is -0.882. The SMILES string of the molecule is O=C1CN(Cc2nccn2C(F)F)CCN1. The van der Waals surface area contributed by atoms with E-state index < -0.39 is 6.55 Å². The van der Waals surface area contributed by atoms with E-state index >= 15 is 0 Å². The number of nitrogens with zero attached hydrogens (tertiary/aromatic N) is 3. The lowest BCUT2D eigenvalue weighted by atomic mass is 10.3. The summed E-state index contributed by atoms with van der Waals surface area (Å²) >= 11 is 0. The number of piperazine rings is 1. The molecule has 1 aromatic rings. The molecule has 0 radical (unpaired) electrons. The van der Waals surface area contributed by atoms with Crippen molar-refractivity contribution in [3.63, 3.8) is 0 Å². The third kappa shape index (κ3) is 2.35. The molecule has 88 valence electrons. The van der Waals surface area contributed by atoms with Crippen molar-refractivity contribution >= 4 is 5.91 Å². The van der Waals surface area contributed by atoms with E-state index in [0.717, 1.165) is 4.57 Å². The van der Waals surface area contributed by atoms with E-state index in [0.29, 0.717) is 13.1 Å². The van der Waals surface area contributed by atoms with Crippen molar-refractivity contribution < 1.29 is 13.6 Å². The molecule has 0 bridgehead atoms. The van der Waals surface area contributed by atoms with Crippen LogP contribution < -0.4 is 5.32 Å². The normalized spacial score (nSPS) is 17.8. The minimum Gasteiger partial charge on any atom is -0.354 e. The molecule has 0 spiro atoms. The Bertz CT molecular complexity index is 379. The van der Waals surface area contributed by atoms with Gasteiger partial charge in [-0.2, -0.15) is 8.78 Å². The van der Waals surface area contributed by atoms with Crippen LogP contribution >= 0.6 is 0 Å². The van der Waals surface area contributed by atoms with Gasteiger partial charge in [-0.3, -0.25) is 14.3 Å². The maximum absolute atomic E-state index is 12.5. The van der Waals surface area contributed by atoms with Gasteiger partial charge in [-0.25, -0.2) is 4.98 Å². The number of carbonyl (C=O) groups is 1. The Morgan fingerprint density at radius 2 is 2.38 bits per heavy atom. The second kappa shape index (κ2) is 4.56. The van der Waals surface area contributed by atoms with E-state index in [-0.39, 0.29) is 24.8 Å². The quantitative estimate of drug-likeness (QED) is 0.807. The van der Waals surface area contributed by atoms with Crippen molar-refractivity contribution in [2.45, 2.75) is 13.1 Å². The first-order chi connectivity index (χ1) is 7.66. The molecule has 1 saturated heterocycles. The fourth-order valence-corrected chi connectivity index (χ4v) is 1.67. The lowest BCUT2D eigenvalue weighted by Crippen LogP contribution is -2.47. The number of amides is 1. The predicted octanol–water partition coefficient (Wildman–Crippen LogP) is 0.210. The first-order valence-corrected chi connectivity index (χ1v) is 4.96. The van der Waals surface area contributed by atoms with E-state index in [9.17, 15) is 13.6 Å². The number of carbonyl (C=O) groups excluding carboxylic acids is 1. The van der Waals surface area contributed by atoms with Crippen LogP contribution in [0.2, 0.25) is 0 Å². The van der Waals surface area contributed by atoms with Gasteiger partial charge in [0, 0.05) is 25.5 Å². The van der Waals surface area contributed by atoms with Crippen molar-refractivity contribution in [2.24, 2.45) is 0 Å². The highest BCUT2D eigenvalue weighted by molar-refractivity contribution is 5.78. The number of aromatic nitrogens is 2. The fourth-order valence-electron chi connectivity index (χ4n) is 1.67. The minimum atomic E-state index is -2.59. The average Bonchev–Trinajstić information content (AvgIpc) is 2.66. The first kappa shape index (κ1) is 11.0. The number of halogens is 2. The Kier molecular flexibility index (Phi) is 3.14. The summed E-state index contributed by atoms with van der Waals surface area (Å²) in [5, 5.41) is 2.67. The summed E-state index contributed by atoms with van der Waals surface area (Å²) in [5.74, 6) is 0.200. The molecule has 0 saturated carbocycles. The van der Waals surface area contributed by atoms with Crippen LogP contribution in [0.5, 0.6) is 0 Å². The molecule has 0 unspecified atom stereocenters. The Labute approximate surface area is 91.1 Å². The molecule has 0 aliphatic carbocycles. The summed E-state index contributed by atoms with van der Waals surface area (Å²) in [5.41, 5.74) is 0. The molecule has 16 heavy (non-hydrogen) atoms. The van der Waals surface area contributed by atoms with Gasteiger partial charge in [0.1, 0.15) is 5.82 Å². The molecule has 1 amide bonds. The number of rotatable bonds is 3. The van der Waals surface area contributed by atoms with Crippen molar-refractivity contribution in [1.82, 2.24) is 19.8 Å². The second-order valence-corrected chi connectivity index (χ2v) is 3.59. The van der Waals surface area contributed by atoms with Gasteiger partial charge in [-0.1, -0.05) is 0 Å². The zero-order chi connectivity index (χ0) is 11.5. The van der Waals surface area contributed by atoms with Crippen molar-refractivity contribution in [3.8, 4) is 0 Å². The lowest BCUT2D eigenvalue weighted by molar-refractivity contribution is -0.124. The molecule has 1 aromatic heterocycles. The highest BCUT2D eigenvalue weighted by atomic mass is 19.3. The molecule has 2 rings (SSSR count). The largest absolute Gasteiger partial charge is 0.354 e. The molecule has 0 atom stereocenters. The van der Waals surface area contributed by atoms with Crippen LogP contribution in [0.15, 0.2) is 12.4 Å². The van der Waals surface area contributed by atoms with Crippen LogP contribution in [-0.2, 0) is 11.3 Å². The number of alkyl halides is 2. The molecule has 1 N–H and O–H groups in total. The molecule has 7 heteroatoms. The summed E-state index contributed by atoms with van der Waals surface area (Å²) in [4.78, 5) is 16.8. The van der Waals surface area contributed by atoms with Crippen LogP contribution in [0.25, 0.3) is 0 Å². The molecule has 0 aromatic carbocycles. The van der Waals surface area contributed by atoms with Gasteiger partial charge >= 0.3 is 6.55 Å². The lowest BCUT2D eigenvalue weighted by Gasteiger charge is -2.26. The van der Waals surface area contributed by atoms with E-state index in [1.807, 2.05) is 0 Å². The summed E-state index contributed by atoms with van der Waals surface area (Å²) < 4.78 is 25.8. The molecule has 2 heterocycles. The van der Waals surface area contributed by atoms with E-state index in [2.05, 4.69) is 10.3 Å². The number of nitrogens with one attached hydrogen (secondary N) is 1. The number of hydrogen-bond acceptors (Lipinski definition) is 3. The van der Waals surface area contributed by atoms with E-state index in [4.69, 9.17) is 0 Å². The third-order valence-electron chi connectivity index (χ3n) is 2.44. The summed E-state index contributed by atoms with van der Waals surface area (Å²) in [6, 6.07) is 0. The third-order valence-corrected chi connectivity index (χ3v) is 2.44. The Hall–Kier alpha value is -1.50. The zero-order valence-corrected chi connectivity index (χ0v) is 8.57. The van der Waals surface area contributed by atoms with Gasteiger partial charge in [0.05, 0.1) is 13.1 Å². The van der Waals surface area contributed by atoms with Gasteiger partial charge in [-0.05, 0) is 0 Å². The topological polar surface area (TPSA) is 50.2 Å². The molecule has 5 nitrogen and oxygen atoms in total. The summed E-state index contributed by atoms with van der Waals surface area (Å²) in [6.07, 6.45) is 2.58. The van der Waals surface area contributed by atoms with Crippen molar-refractivity contribution in [1.29, 1.82) is 0 Å². The number of hydrogen-bond donors (Lipinski definition) is 1. The van der Waals surface area contributed by atoms with Gasteiger partial charge in [0.25, 0.3) is 0 Å². The first-order valence-electron chi connectivity index (χ1n) is 4.96. The highest BCUT2D eigenvalue weighted by Gasteiger charge is 2.19. The van der Waals surface area contributed by atoms with E-state index in [1.165, 1.54) is 12.4 Å². The van der Waals surface area contributed by atoms with Gasteiger partial charge in [0.15, 0.2) is 0 Å². The van der Waals surface area contributed by atoms with E-state index in [1.54, 1.807) is 4.90 Å². The predicted molar refractivity (Wildman–Crippen MR) is 51.8 cm³/mol. The smallest absolute Gasteiger partial charge is 0.319 e. The Balaban J connectivity index is 2.02. The molecule has 1 aliphatic rings. The van der Waals surface area contributed by atoms with Crippen LogP contribution in [0.4, 0.5) is 8.78 Å². The van der Waals surface area contributed by atoms with Crippen molar-refractivity contribution in [3.05, 3.63) is 18.2 Å². The molecular formula is C9H12F2N4O. The average molecular weight is 230 g/mol.